The monoisotopic (exact) mass is 376 g/mol. The number of nitrogens with zero attached hydrogens (tertiary/aromatic N) is 2. The van der Waals surface area contributed by atoms with Gasteiger partial charge in [0.25, 0.3) is 0 Å². The zero-order valence-electron chi connectivity index (χ0n) is 14.3. The summed E-state index contributed by atoms with van der Waals surface area (Å²) in [5.74, 6) is -2.09. The fraction of sp³-hybridized carbons (Fsp3) is 0.533. The minimum absolute atomic E-state index is 0.152. The first-order chi connectivity index (χ1) is 11.6. The van der Waals surface area contributed by atoms with Gasteiger partial charge in [0.15, 0.2) is 0 Å². The van der Waals surface area contributed by atoms with Crippen LogP contribution in [0.4, 0.5) is 13.6 Å². The molecule has 1 aliphatic rings. The summed E-state index contributed by atoms with van der Waals surface area (Å²) in [6, 6.07) is 1.27. The standard InChI is InChI=1S/C15H22F2N4O3S/c1-18-15(22)21-8-10(7-20(2)3)14(9-21)19-25(23,24)13-5-11(16)4-12(17)6-13/h4-6,10,14,19H,7-9H2,1-3H3,(H,18,22)/t10-,14-/m1/s1. The van der Waals surface area contributed by atoms with Gasteiger partial charge >= 0.3 is 6.03 Å². The van der Waals surface area contributed by atoms with Gasteiger partial charge in [0, 0.05) is 44.7 Å². The van der Waals surface area contributed by atoms with E-state index in [1.807, 2.05) is 19.0 Å². The van der Waals surface area contributed by atoms with E-state index in [4.69, 9.17) is 0 Å². The van der Waals surface area contributed by atoms with E-state index in [-0.39, 0.29) is 18.5 Å². The largest absolute Gasteiger partial charge is 0.341 e. The van der Waals surface area contributed by atoms with Crippen LogP contribution in [0, 0.1) is 17.6 Å². The predicted octanol–water partition coefficient (Wildman–Crippen LogP) is 0.445. The third-order valence-corrected chi connectivity index (χ3v) is 5.46. The number of carbonyl (C=O) groups excluding carboxylic acids is 1. The third kappa shape index (κ3) is 4.86. The Morgan fingerprint density at radius 2 is 1.84 bits per heavy atom. The van der Waals surface area contributed by atoms with Crippen LogP contribution in [0.25, 0.3) is 0 Å². The molecular formula is C15H22F2N4O3S. The molecule has 1 heterocycles. The molecule has 140 valence electrons. The van der Waals surface area contributed by atoms with Crippen molar-refractivity contribution in [2.45, 2.75) is 10.9 Å². The molecule has 1 aromatic carbocycles. The third-order valence-electron chi connectivity index (χ3n) is 3.99. The Morgan fingerprint density at radius 1 is 1.24 bits per heavy atom. The number of benzene rings is 1. The van der Waals surface area contributed by atoms with Gasteiger partial charge in [-0.1, -0.05) is 0 Å². The van der Waals surface area contributed by atoms with E-state index in [0.29, 0.717) is 19.2 Å². The molecule has 2 amide bonds. The lowest BCUT2D eigenvalue weighted by Gasteiger charge is -2.22. The van der Waals surface area contributed by atoms with Crippen molar-refractivity contribution >= 4 is 16.1 Å². The van der Waals surface area contributed by atoms with Crippen LogP contribution < -0.4 is 10.0 Å². The van der Waals surface area contributed by atoms with Gasteiger partial charge in [0.2, 0.25) is 10.0 Å². The lowest BCUT2D eigenvalue weighted by atomic mass is 10.0. The molecule has 2 N–H and O–H groups in total. The van der Waals surface area contributed by atoms with Crippen molar-refractivity contribution in [3.8, 4) is 0 Å². The maximum Gasteiger partial charge on any atom is 0.317 e. The molecule has 2 rings (SSSR count). The Morgan fingerprint density at radius 3 is 2.36 bits per heavy atom. The van der Waals surface area contributed by atoms with Gasteiger partial charge < -0.3 is 15.1 Å². The van der Waals surface area contributed by atoms with E-state index in [0.717, 1.165) is 12.1 Å². The van der Waals surface area contributed by atoms with Gasteiger partial charge in [-0.3, -0.25) is 0 Å². The number of halogens is 2. The Balaban J connectivity index is 2.23. The van der Waals surface area contributed by atoms with Gasteiger partial charge in [0.05, 0.1) is 4.90 Å². The molecule has 1 aromatic rings. The predicted molar refractivity (Wildman–Crippen MR) is 88.5 cm³/mol. The average Bonchev–Trinajstić information content (AvgIpc) is 2.87. The van der Waals surface area contributed by atoms with E-state index in [9.17, 15) is 22.0 Å². The normalized spacial score (nSPS) is 21.0. The highest BCUT2D eigenvalue weighted by molar-refractivity contribution is 7.89. The highest BCUT2D eigenvalue weighted by atomic mass is 32.2. The molecule has 0 spiro atoms. The number of sulfonamides is 1. The lowest BCUT2D eigenvalue weighted by molar-refractivity contribution is 0.207. The number of nitrogens with one attached hydrogen (secondary N) is 2. The summed E-state index contributed by atoms with van der Waals surface area (Å²) in [6.07, 6.45) is 0. The van der Waals surface area contributed by atoms with Crippen molar-refractivity contribution < 1.29 is 22.0 Å². The van der Waals surface area contributed by atoms with Gasteiger partial charge in [-0.15, -0.1) is 0 Å². The molecule has 0 bridgehead atoms. The second-order valence-electron chi connectivity index (χ2n) is 6.32. The van der Waals surface area contributed by atoms with Crippen molar-refractivity contribution in [3.63, 3.8) is 0 Å². The van der Waals surface area contributed by atoms with Crippen molar-refractivity contribution in [2.75, 3.05) is 40.8 Å². The van der Waals surface area contributed by atoms with E-state index < -0.39 is 32.6 Å². The first-order valence-electron chi connectivity index (χ1n) is 7.72. The zero-order valence-corrected chi connectivity index (χ0v) is 15.1. The second-order valence-corrected chi connectivity index (χ2v) is 8.03. The van der Waals surface area contributed by atoms with Gasteiger partial charge in [-0.2, -0.15) is 0 Å². The maximum absolute atomic E-state index is 13.3. The highest BCUT2D eigenvalue weighted by Crippen LogP contribution is 2.21. The minimum Gasteiger partial charge on any atom is -0.341 e. The van der Waals surface area contributed by atoms with Crippen molar-refractivity contribution in [3.05, 3.63) is 29.8 Å². The summed E-state index contributed by atoms with van der Waals surface area (Å²) in [4.78, 5) is 14.8. The molecule has 1 aliphatic heterocycles. The summed E-state index contributed by atoms with van der Waals surface area (Å²) in [5, 5.41) is 2.51. The SMILES string of the molecule is CNC(=O)N1C[C@@H](CN(C)C)[C@H](NS(=O)(=O)c2cc(F)cc(F)c2)C1. The molecule has 0 radical (unpaired) electrons. The van der Waals surface area contributed by atoms with Crippen LogP contribution >= 0.6 is 0 Å². The van der Waals surface area contributed by atoms with Crippen LogP contribution in [0.3, 0.4) is 0 Å². The lowest BCUT2D eigenvalue weighted by Crippen LogP contribution is -2.43. The van der Waals surface area contributed by atoms with E-state index in [2.05, 4.69) is 10.0 Å². The van der Waals surface area contributed by atoms with E-state index in [1.54, 1.807) is 0 Å². The van der Waals surface area contributed by atoms with Crippen LogP contribution in [0.15, 0.2) is 23.1 Å². The molecule has 0 saturated carbocycles. The molecule has 0 aromatic heterocycles. The summed E-state index contributed by atoms with van der Waals surface area (Å²) in [5.41, 5.74) is 0. The fourth-order valence-electron chi connectivity index (χ4n) is 2.93. The number of likely N-dealkylation sites (tertiary alicyclic amines) is 1. The number of hydrogen-bond acceptors (Lipinski definition) is 4. The quantitative estimate of drug-likeness (QED) is 0.782. The van der Waals surface area contributed by atoms with Crippen molar-refractivity contribution in [2.24, 2.45) is 5.92 Å². The molecule has 0 unspecified atom stereocenters. The Kier molecular flexibility index (Phi) is 5.96. The molecule has 2 atom stereocenters. The van der Waals surface area contributed by atoms with E-state index >= 15 is 0 Å². The zero-order chi connectivity index (χ0) is 18.8. The van der Waals surface area contributed by atoms with Crippen LogP contribution in [0.1, 0.15) is 0 Å². The molecular weight excluding hydrogens is 354 g/mol. The van der Waals surface area contributed by atoms with Crippen LogP contribution in [0.5, 0.6) is 0 Å². The van der Waals surface area contributed by atoms with Crippen LogP contribution in [-0.2, 0) is 10.0 Å². The van der Waals surface area contributed by atoms with Gasteiger partial charge in [0.1, 0.15) is 11.6 Å². The first kappa shape index (κ1) is 19.5. The number of amides is 2. The number of urea groups is 1. The Labute approximate surface area is 146 Å². The molecule has 0 aliphatic carbocycles. The van der Waals surface area contributed by atoms with E-state index in [1.165, 1.54) is 11.9 Å². The molecule has 1 fully saturated rings. The fourth-order valence-corrected chi connectivity index (χ4v) is 4.27. The molecule has 7 nitrogen and oxygen atoms in total. The number of rotatable bonds is 5. The van der Waals surface area contributed by atoms with Crippen molar-refractivity contribution in [1.29, 1.82) is 0 Å². The highest BCUT2D eigenvalue weighted by Gasteiger charge is 2.37. The summed E-state index contributed by atoms with van der Waals surface area (Å²) < 4.78 is 54.1. The second kappa shape index (κ2) is 7.63. The summed E-state index contributed by atoms with van der Waals surface area (Å²) in [7, 11) is 1.06. The first-order valence-corrected chi connectivity index (χ1v) is 9.20. The van der Waals surface area contributed by atoms with Gasteiger partial charge in [-0.05, 0) is 26.2 Å². The van der Waals surface area contributed by atoms with Crippen LogP contribution in [-0.4, -0.2) is 71.1 Å². The average molecular weight is 376 g/mol. The maximum atomic E-state index is 13.3. The number of carbonyl (C=O) groups is 1. The number of hydrogen-bond donors (Lipinski definition) is 2. The Hall–Kier alpha value is -1.78. The van der Waals surface area contributed by atoms with Crippen LogP contribution in [0.2, 0.25) is 0 Å². The van der Waals surface area contributed by atoms with Crippen molar-refractivity contribution in [1.82, 2.24) is 19.8 Å². The van der Waals surface area contributed by atoms with Gasteiger partial charge in [-0.25, -0.2) is 26.7 Å². The Bertz CT molecular complexity index is 722. The summed E-state index contributed by atoms with van der Waals surface area (Å²) >= 11 is 0. The minimum atomic E-state index is -4.12. The molecule has 25 heavy (non-hydrogen) atoms. The molecule has 1 saturated heterocycles. The smallest absolute Gasteiger partial charge is 0.317 e. The summed E-state index contributed by atoms with van der Waals surface area (Å²) in [6.45, 7) is 1.11. The molecule has 10 heteroatoms. The topological polar surface area (TPSA) is 81.8 Å².